The number of ketones is 1. The van der Waals surface area contributed by atoms with Gasteiger partial charge in [-0.05, 0) is 31.2 Å². The van der Waals surface area contributed by atoms with Crippen molar-refractivity contribution in [3.8, 4) is 5.75 Å². The SMILES string of the molecule is COc1ccc(Cl)cc1C(=O)OCC(=O)c1c(C)[nH]c2ccccc12. The van der Waals surface area contributed by atoms with Crippen molar-refractivity contribution in [1.82, 2.24) is 4.98 Å². The van der Waals surface area contributed by atoms with Crippen molar-refractivity contribution in [3.05, 3.63) is 64.3 Å². The van der Waals surface area contributed by atoms with Gasteiger partial charge < -0.3 is 14.5 Å². The first-order chi connectivity index (χ1) is 12.0. The highest BCUT2D eigenvalue weighted by atomic mass is 35.5. The summed E-state index contributed by atoms with van der Waals surface area (Å²) in [7, 11) is 1.44. The van der Waals surface area contributed by atoms with Gasteiger partial charge in [-0.3, -0.25) is 4.79 Å². The third kappa shape index (κ3) is 3.37. The minimum Gasteiger partial charge on any atom is -0.496 e. The fourth-order valence-corrected chi connectivity index (χ4v) is 2.93. The molecule has 3 rings (SSSR count). The van der Waals surface area contributed by atoms with Crippen LogP contribution in [0.4, 0.5) is 0 Å². The normalized spacial score (nSPS) is 10.7. The maximum atomic E-state index is 12.5. The van der Waals surface area contributed by atoms with E-state index in [1.54, 1.807) is 12.1 Å². The number of aromatic amines is 1. The number of hydrogen-bond donors (Lipinski definition) is 1. The molecule has 0 radical (unpaired) electrons. The first-order valence-electron chi connectivity index (χ1n) is 7.62. The molecule has 0 aliphatic rings. The van der Waals surface area contributed by atoms with Crippen LogP contribution >= 0.6 is 11.6 Å². The van der Waals surface area contributed by atoms with E-state index in [-0.39, 0.29) is 18.0 Å². The Hall–Kier alpha value is -2.79. The van der Waals surface area contributed by atoms with Crippen molar-refractivity contribution in [1.29, 1.82) is 0 Å². The van der Waals surface area contributed by atoms with Gasteiger partial charge in [0, 0.05) is 27.2 Å². The molecule has 0 unspecified atom stereocenters. The fraction of sp³-hybridized carbons (Fsp3) is 0.158. The zero-order valence-corrected chi connectivity index (χ0v) is 14.5. The van der Waals surface area contributed by atoms with Crippen LogP contribution in [0.1, 0.15) is 26.4 Å². The smallest absolute Gasteiger partial charge is 0.342 e. The number of carbonyl (C=O) groups is 2. The van der Waals surface area contributed by atoms with Gasteiger partial charge in [0.25, 0.3) is 0 Å². The highest BCUT2D eigenvalue weighted by molar-refractivity contribution is 6.31. The van der Waals surface area contributed by atoms with Crippen molar-refractivity contribution in [3.63, 3.8) is 0 Å². The van der Waals surface area contributed by atoms with Crippen LogP contribution in [0.15, 0.2) is 42.5 Å². The molecule has 0 atom stereocenters. The Morgan fingerprint density at radius 1 is 1.16 bits per heavy atom. The average molecular weight is 358 g/mol. The molecule has 0 aliphatic carbocycles. The summed E-state index contributed by atoms with van der Waals surface area (Å²) in [5.41, 5.74) is 2.31. The summed E-state index contributed by atoms with van der Waals surface area (Å²) in [5.74, 6) is -0.598. The molecule has 0 saturated carbocycles. The number of benzene rings is 2. The molecule has 0 amide bonds. The molecule has 128 valence electrons. The Labute approximate surface area is 149 Å². The van der Waals surface area contributed by atoms with E-state index in [4.69, 9.17) is 21.1 Å². The van der Waals surface area contributed by atoms with Gasteiger partial charge in [-0.2, -0.15) is 0 Å². The van der Waals surface area contributed by atoms with Gasteiger partial charge in [-0.1, -0.05) is 29.8 Å². The molecule has 1 heterocycles. The zero-order chi connectivity index (χ0) is 18.0. The lowest BCUT2D eigenvalue weighted by atomic mass is 10.1. The number of hydrogen-bond acceptors (Lipinski definition) is 4. The van der Waals surface area contributed by atoms with E-state index in [2.05, 4.69) is 4.98 Å². The second-order valence-electron chi connectivity index (χ2n) is 5.51. The largest absolute Gasteiger partial charge is 0.496 e. The van der Waals surface area contributed by atoms with Gasteiger partial charge in [-0.15, -0.1) is 0 Å². The number of methoxy groups -OCH3 is 1. The first kappa shape index (κ1) is 17.0. The molecule has 0 aliphatic heterocycles. The Bertz CT molecular complexity index is 961. The third-order valence-corrected chi connectivity index (χ3v) is 4.12. The van der Waals surface area contributed by atoms with Gasteiger partial charge in [-0.25, -0.2) is 4.79 Å². The predicted molar refractivity (Wildman–Crippen MR) is 95.7 cm³/mol. The van der Waals surface area contributed by atoms with Crippen molar-refractivity contribution >= 4 is 34.3 Å². The number of H-pyrrole nitrogens is 1. The number of para-hydroxylation sites is 1. The average Bonchev–Trinajstić information content (AvgIpc) is 2.95. The van der Waals surface area contributed by atoms with Crippen molar-refractivity contribution in [2.45, 2.75) is 6.92 Å². The quantitative estimate of drug-likeness (QED) is 0.549. The second kappa shape index (κ2) is 6.99. The van der Waals surface area contributed by atoms with Gasteiger partial charge in [0.1, 0.15) is 11.3 Å². The lowest BCUT2D eigenvalue weighted by molar-refractivity contribution is 0.0472. The summed E-state index contributed by atoms with van der Waals surface area (Å²) in [6.07, 6.45) is 0. The van der Waals surface area contributed by atoms with Crippen LogP contribution in [0.3, 0.4) is 0 Å². The van der Waals surface area contributed by atoms with E-state index in [0.717, 1.165) is 16.6 Å². The maximum Gasteiger partial charge on any atom is 0.342 e. The van der Waals surface area contributed by atoms with E-state index < -0.39 is 5.97 Å². The monoisotopic (exact) mass is 357 g/mol. The Kier molecular flexibility index (Phi) is 4.76. The summed E-state index contributed by atoms with van der Waals surface area (Å²) in [6.45, 7) is 1.45. The number of esters is 1. The topological polar surface area (TPSA) is 68.4 Å². The third-order valence-electron chi connectivity index (χ3n) is 3.89. The van der Waals surface area contributed by atoms with Crippen LogP contribution in [0.2, 0.25) is 5.02 Å². The predicted octanol–water partition coefficient (Wildman–Crippen LogP) is 4.18. The number of nitrogens with one attached hydrogen (secondary N) is 1. The van der Waals surface area contributed by atoms with Crippen LogP contribution in [-0.4, -0.2) is 30.5 Å². The maximum absolute atomic E-state index is 12.5. The highest BCUT2D eigenvalue weighted by Gasteiger charge is 2.20. The summed E-state index contributed by atoms with van der Waals surface area (Å²) in [5, 5.41) is 1.19. The van der Waals surface area contributed by atoms with Gasteiger partial charge in [0.05, 0.1) is 7.11 Å². The van der Waals surface area contributed by atoms with Gasteiger partial charge >= 0.3 is 5.97 Å². The molecule has 2 aromatic carbocycles. The molecular formula is C19H16ClNO4. The number of aromatic nitrogens is 1. The second-order valence-corrected chi connectivity index (χ2v) is 5.95. The number of Topliss-reactive ketones (excluding diaryl/α,β-unsaturated/α-hetero) is 1. The van der Waals surface area contributed by atoms with Crippen LogP contribution in [0, 0.1) is 6.92 Å². The van der Waals surface area contributed by atoms with Crippen molar-refractivity contribution < 1.29 is 19.1 Å². The molecule has 25 heavy (non-hydrogen) atoms. The minimum atomic E-state index is -0.662. The summed E-state index contributed by atoms with van der Waals surface area (Å²) >= 11 is 5.91. The van der Waals surface area contributed by atoms with Crippen molar-refractivity contribution in [2.75, 3.05) is 13.7 Å². The number of halogens is 1. The van der Waals surface area contributed by atoms with Gasteiger partial charge in [0.15, 0.2) is 6.61 Å². The molecule has 6 heteroatoms. The van der Waals surface area contributed by atoms with Gasteiger partial charge in [0.2, 0.25) is 5.78 Å². The number of fused-ring (bicyclic) bond motifs is 1. The summed E-state index contributed by atoms with van der Waals surface area (Å²) < 4.78 is 10.3. The lowest BCUT2D eigenvalue weighted by Gasteiger charge is -2.09. The highest BCUT2D eigenvalue weighted by Crippen LogP contribution is 2.25. The van der Waals surface area contributed by atoms with E-state index in [0.29, 0.717) is 16.3 Å². The summed E-state index contributed by atoms with van der Waals surface area (Å²) in [6, 6.07) is 12.1. The summed E-state index contributed by atoms with van der Waals surface area (Å²) in [4.78, 5) is 28.0. The molecular weight excluding hydrogens is 342 g/mol. The Balaban J connectivity index is 1.79. The van der Waals surface area contributed by atoms with Crippen LogP contribution in [0.25, 0.3) is 10.9 Å². The zero-order valence-electron chi connectivity index (χ0n) is 13.8. The van der Waals surface area contributed by atoms with E-state index in [9.17, 15) is 9.59 Å². The lowest BCUT2D eigenvalue weighted by Crippen LogP contribution is -2.15. The molecule has 1 aromatic heterocycles. The minimum absolute atomic E-state index is 0.179. The van der Waals surface area contributed by atoms with Crippen LogP contribution in [-0.2, 0) is 4.74 Å². The molecule has 0 fully saturated rings. The molecule has 5 nitrogen and oxygen atoms in total. The molecule has 0 spiro atoms. The number of rotatable bonds is 5. The number of carbonyl (C=O) groups excluding carboxylic acids is 2. The van der Waals surface area contributed by atoms with E-state index in [1.165, 1.54) is 13.2 Å². The van der Waals surface area contributed by atoms with Crippen LogP contribution in [0.5, 0.6) is 5.75 Å². The van der Waals surface area contributed by atoms with E-state index in [1.807, 2.05) is 31.2 Å². The standard InChI is InChI=1S/C19H16ClNO4/c1-11-18(13-5-3-4-6-15(13)21-11)16(22)10-25-19(23)14-9-12(20)7-8-17(14)24-2/h3-9,21H,10H2,1-2H3. The molecule has 1 N–H and O–H groups in total. The number of aryl methyl sites for hydroxylation is 1. The Morgan fingerprint density at radius 3 is 2.68 bits per heavy atom. The number of ether oxygens (including phenoxy) is 2. The molecule has 0 bridgehead atoms. The van der Waals surface area contributed by atoms with Crippen molar-refractivity contribution in [2.24, 2.45) is 0 Å². The fourth-order valence-electron chi connectivity index (χ4n) is 2.76. The van der Waals surface area contributed by atoms with E-state index >= 15 is 0 Å². The van der Waals surface area contributed by atoms with Crippen LogP contribution < -0.4 is 4.74 Å². The first-order valence-corrected chi connectivity index (χ1v) is 8.00. The molecule has 3 aromatic rings. The molecule has 0 saturated heterocycles. The Morgan fingerprint density at radius 2 is 1.92 bits per heavy atom.